The number of hydrogen-bond acceptors (Lipinski definition) is 4. The molecule has 1 aromatic carbocycles. The monoisotopic (exact) mass is 425 g/mol. The molecular weight excluding hydrogens is 398 g/mol. The number of allylic oxidation sites excluding steroid dienone is 2. The minimum atomic E-state index is -0.973. The highest BCUT2D eigenvalue weighted by Gasteiger charge is 2.34. The summed E-state index contributed by atoms with van der Waals surface area (Å²) in [6.07, 6.45) is 9.17. The molecule has 2 heterocycles. The van der Waals surface area contributed by atoms with Gasteiger partial charge in [0, 0.05) is 28.4 Å². The molecule has 164 valence electrons. The van der Waals surface area contributed by atoms with Crippen LogP contribution in [-0.4, -0.2) is 51.0 Å². The van der Waals surface area contributed by atoms with Crippen molar-refractivity contribution in [2.24, 2.45) is 11.8 Å². The van der Waals surface area contributed by atoms with E-state index in [1.807, 2.05) is 11.0 Å². The molecule has 8 heteroatoms. The lowest BCUT2D eigenvalue weighted by atomic mass is 9.82. The highest BCUT2D eigenvalue weighted by Crippen LogP contribution is 2.33. The Morgan fingerprint density at radius 2 is 1.74 bits per heavy atom. The summed E-state index contributed by atoms with van der Waals surface area (Å²) in [7, 11) is 0. The molecule has 1 saturated heterocycles. The fraction of sp³-hybridized carbons (Fsp3) is 0.435. The van der Waals surface area contributed by atoms with Crippen molar-refractivity contribution in [1.82, 2.24) is 9.88 Å². The van der Waals surface area contributed by atoms with E-state index in [0.29, 0.717) is 24.1 Å². The lowest BCUT2D eigenvalue weighted by Gasteiger charge is -2.31. The van der Waals surface area contributed by atoms with Crippen LogP contribution in [-0.2, 0) is 14.4 Å². The van der Waals surface area contributed by atoms with Gasteiger partial charge in [-0.3, -0.25) is 19.3 Å². The first-order valence-electron chi connectivity index (χ1n) is 10.7. The number of rotatable bonds is 6. The summed E-state index contributed by atoms with van der Waals surface area (Å²) >= 11 is 0. The number of H-pyrrole nitrogens is 1. The number of nitrogens with one attached hydrogen (secondary N) is 2. The van der Waals surface area contributed by atoms with E-state index >= 15 is 0 Å². The van der Waals surface area contributed by atoms with Crippen LogP contribution in [0.3, 0.4) is 0 Å². The van der Waals surface area contributed by atoms with Crippen LogP contribution in [0.4, 0.5) is 5.69 Å². The molecule has 4 rings (SSSR count). The second-order valence-corrected chi connectivity index (χ2v) is 8.33. The molecule has 0 radical (unpaired) electrons. The van der Waals surface area contributed by atoms with Crippen LogP contribution >= 0.6 is 0 Å². The molecule has 2 aromatic rings. The van der Waals surface area contributed by atoms with Gasteiger partial charge in [0.15, 0.2) is 0 Å². The first-order chi connectivity index (χ1) is 15.0. The van der Waals surface area contributed by atoms with Crippen molar-refractivity contribution in [2.45, 2.75) is 38.1 Å². The molecule has 0 saturated carbocycles. The maximum absolute atomic E-state index is 12.8. The van der Waals surface area contributed by atoms with E-state index in [0.717, 1.165) is 43.3 Å². The quantitative estimate of drug-likeness (QED) is 0.526. The van der Waals surface area contributed by atoms with Crippen molar-refractivity contribution < 1.29 is 24.6 Å². The number of aromatic amines is 1. The fourth-order valence-electron chi connectivity index (χ4n) is 4.72. The summed E-state index contributed by atoms with van der Waals surface area (Å²) in [4.78, 5) is 41.6. The van der Waals surface area contributed by atoms with E-state index in [2.05, 4.69) is 10.3 Å². The number of benzene rings is 1. The van der Waals surface area contributed by atoms with E-state index in [1.54, 1.807) is 30.5 Å². The van der Waals surface area contributed by atoms with Gasteiger partial charge in [-0.2, -0.15) is 0 Å². The molecule has 1 aromatic heterocycles. The number of amides is 1. The summed E-state index contributed by atoms with van der Waals surface area (Å²) in [6, 6.07) is 4.57. The van der Waals surface area contributed by atoms with Gasteiger partial charge in [-0.05, 0) is 57.0 Å². The van der Waals surface area contributed by atoms with Gasteiger partial charge in [0.05, 0.1) is 11.8 Å². The number of piperidine rings is 1. The highest BCUT2D eigenvalue weighted by atomic mass is 16.4. The number of anilines is 1. The predicted molar refractivity (Wildman–Crippen MR) is 116 cm³/mol. The normalized spacial score (nSPS) is 22.8. The number of fused-ring (bicyclic) bond motifs is 1. The van der Waals surface area contributed by atoms with Gasteiger partial charge in [-0.15, -0.1) is 0 Å². The number of aliphatic carboxylic acids is 2. The zero-order valence-corrected chi connectivity index (χ0v) is 17.2. The smallest absolute Gasteiger partial charge is 0.325 e. The molecule has 31 heavy (non-hydrogen) atoms. The zero-order valence-electron chi connectivity index (χ0n) is 17.2. The number of aromatic nitrogens is 1. The highest BCUT2D eigenvalue weighted by molar-refractivity contribution is 5.98. The maximum atomic E-state index is 12.8. The Kier molecular flexibility index (Phi) is 6.08. The Hall–Kier alpha value is -3.13. The molecule has 0 unspecified atom stereocenters. The summed E-state index contributed by atoms with van der Waals surface area (Å²) in [6.45, 7) is 1.48. The SMILES string of the molecule is O=C(O)[C@H](c1c[nH]c2ccc(NC(=O)[C@@H]3CC=CC[C@H]3C(=O)O)cc12)N1CCCCC1. The average Bonchev–Trinajstić information content (AvgIpc) is 3.17. The summed E-state index contributed by atoms with van der Waals surface area (Å²) < 4.78 is 0. The molecule has 1 aliphatic carbocycles. The third-order valence-electron chi connectivity index (χ3n) is 6.35. The largest absolute Gasteiger partial charge is 0.481 e. The number of nitrogens with zero attached hydrogens (tertiary/aromatic N) is 1. The van der Waals surface area contributed by atoms with Crippen LogP contribution in [0.1, 0.15) is 43.7 Å². The van der Waals surface area contributed by atoms with Crippen LogP contribution in [0.25, 0.3) is 10.9 Å². The van der Waals surface area contributed by atoms with Crippen LogP contribution in [0.15, 0.2) is 36.5 Å². The molecular formula is C23H27N3O5. The number of carboxylic acids is 2. The van der Waals surface area contributed by atoms with Crippen molar-refractivity contribution in [3.8, 4) is 0 Å². The molecule has 1 amide bonds. The van der Waals surface area contributed by atoms with Crippen molar-refractivity contribution in [3.63, 3.8) is 0 Å². The second-order valence-electron chi connectivity index (χ2n) is 8.33. The number of carboxylic acid groups (broad SMARTS) is 2. The van der Waals surface area contributed by atoms with E-state index in [1.165, 1.54) is 0 Å². The minimum Gasteiger partial charge on any atom is -0.481 e. The molecule has 1 aliphatic heterocycles. The van der Waals surface area contributed by atoms with Gasteiger partial charge in [0.25, 0.3) is 0 Å². The standard InChI is InChI=1S/C23H27N3O5/c27-21(15-6-2-3-7-16(15)22(28)29)25-14-8-9-19-17(12-14)18(13-24-19)20(23(30)31)26-10-4-1-5-11-26/h2-3,8-9,12-13,15-16,20,24H,1,4-7,10-11H2,(H,25,27)(H,28,29)(H,30,31)/t15-,16-,20+/m1/s1. The Morgan fingerprint density at radius 3 is 2.42 bits per heavy atom. The Balaban J connectivity index is 1.60. The van der Waals surface area contributed by atoms with E-state index in [9.17, 15) is 24.6 Å². The Morgan fingerprint density at radius 1 is 1.03 bits per heavy atom. The Bertz CT molecular complexity index is 1020. The number of carbonyl (C=O) groups excluding carboxylic acids is 1. The maximum Gasteiger partial charge on any atom is 0.325 e. The van der Waals surface area contributed by atoms with Gasteiger partial charge in [0.2, 0.25) is 5.91 Å². The van der Waals surface area contributed by atoms with Crippen LogP contribution in [0.2, 0.25) is 0 Å². The van der Waals surface area contributed by atoms with Crippen molar-refractivity contribution >= 4 is 34.4 Å². The second kappa shape index (κ2) is 8.93. The summed E-state index contributed by atoms with van der Waals surface area (Å²) in [5, 5.41) is 23.0. The summed E-state index contributed by atoms with van der Waals surface area (Å²) in [5.41, 5.74) is 1.99. The molecule has 8 nitrogen and oxygen atoms in total. The van der Waals surface area contributed by atoms with Gasteiger partial charge < -0.3 is 20.5 Å². The van der Waals surface area contributed by atoms with E-state index in [4.69, 9.17) is 0 Å². The van der Waals surface area contributed by atoms with E-state index in [-0.39, 0.29) is 5.91 Å². The van der Waals surface area contributed by atoms with Crippen molar-refractivity contribution in [2.75, 3.05) is 18.4 Å². The Labute approximate surface area is 179 Å². The van der Waals surface area contributed by atoms with Crippen LogP contribution in [0, 0.1) is 11.8 Å². The fourth-order valence-corrected chi connectivity index (χ4v) is 4.72. The molecule has 2 aliphatic rings. The minimum absolute atomic E-state index is 0.334. The van der Waals surface area contributed by atoms with Gasteiger partial charge >= 0.3 is 11.9 Å². The molecule has 4 N–H and O–H groups in total. The number of hydrogen-bond donors (Lipinski definition) is 4. The van der Waals surface area contributed by atoms with Crippen LogP contribution < -0.4 is 5.32 Å². The first-order valence-corrected chi connectivity index (χ1v) is 10.7. The van der Waals surface area contributed by atoms with Gasteiger partial charge in [-0.25, -0.2) is 0 Å². The molecule has 1 fully saturated rings. The van der Waals surface area contributed by atoms with Crippen LogP contribution in [0.5, 0.6) is 0 Å². The first kappa shape index (κ1) is 21.1. The lowest BCUT2D eigenvalue weighted by Crippen LogP contribution is -2.37. The molecule has 0 bridgehead atoms. The third kappa shape index (κ3) is 4.34. The zero-order chi connectivity index (χ0) is 22.0. The predicted octanol–water partition coefficient (Wildman–Crippen LogP) is 3.39. The van der Waals surface area contributed by atoms with Crippen molar-refractivity contribution in [3.05, 3.63) is 42.1 Å². The van der Waals surface area contributed by atoms with E-state index < -0.39 is 29.8 Å². The van der Waals surface area contributed by atoms with Crippen molar-refractivity contribution in [1.29, 1.82) is 0 Å². The number of likely N-dealkylation sites (tertiary alicyclic amines) is 1. The van der Waals surface area contributed by atoms with Gasteiger partial charge in [0.1, 0.15) is 6.04 Å². The molecule has 0 spiro atoms. The number of carbonyl (C=O) groups is 3. The average molecular weight is 425 g/mol. The van der Waals surface area contributed by atoms with Gasteiger partial charge in [-0.1, -0.05) is 18.6 Å². The molecule has 3 atom stereocenters. The summed E-state index contributed by atoms with van der Waals surface area (Å²) in [5.74, 6) is -3.58. The topological polar surface area (TPSA) is 123 Å². The lowest BCUT2D eigenvalue weighted by molar-refractivity contribution is -0.146. The third-order valence-corrected chi connectivity index (χ3v) is 6.35.